The lowest BCUT2D eigenvalue weighted by molar-refractivity contribution is 0.101. The number of carbonyl (C=O) groups is 1. The first-order valence-electron chi connectivity index (χ1n) is 4.12. The van der Waals surface area contributed by atoms with Crippen LogP contribution in [0.1, 0.15) is 25.7 Å². The molecule has 0 radical (unpaired) electrons. The summed E-state index contributed by atoms with van der Waals surface area (Å²) < 4.78 is 10.3. The first kappa shape index (κ1) is 8.16. The fraction of sp³-hybridized carbons (Fsp3) is 0.444. The summed E-state index contributed by atoms with van der Waals surface area (Å²) in [6.07, 6.45) is 0.832. The van der Waals surface area contributed by atoms with Crippen molar-refractivity contribution < 1.29 is 13.9 Å². The summed E-state index contributed by atoms with van der Waals surface area (Å²) in [7, 11) is 0. The summed E-state index contributed by atoms with van der Waals surface area (Å²) in [4.78, 5) is 11.0. The topological polar surface area (TPSA) is 51.5 Å². The Kier molecular flexibility index (Phi) is 1.58. The van der Waals surface area contributed by atoms with Gasteiger partial charge in [-0.1, -0.05) is 0 Å². The van der Waals surface area contributed by atoms with E-state index in [-0.39, 0.29) is 6.10 Å². The molecule has 1 amide bonds. The Morgan fingerprint density at radius 2 is 2.31 bits per heavy atom. The number of alkyl carbamates (subject to hydrolysis) is 1. The van der Waals surface area contributed by atoms with Gasteiger partial charge < -0.3 is 14.5 Å². The first-order chi connectivity index (χ1) is 6.09. The highest BCUT2D eigenvalue weighted by atomic mass is 16.6. The Morgan fingerprint density at radius 1 is 1.54 bits per heavy atom. The summed E-state index contributed by atoms with van der Waals surface area (Å²) >= 11 is 0. The van der Waals surface area contributed by atoms with Crippen molar-refractivity contribution in [2.75, 3.05) is 0 Å². The SMILES string of the molecule is CC1(C)NC(=O)O[C@@H]1c1ccco1. The molecule has 13 heavy (non-hydrogen) atoms. The summed E-state index contributed by atoms with van der Waals surface area (Å²) in [5.41, 5.74) is -0.408. The zero-order valence-electron chi connectivity index (χ0n) is 7.53. The molecule has 0 aliphatic carbocycles. The third kappa shape index (κ3) is 1.28. The van der Waals surface area contributed by atoms with E-state index < -0.39 is 11.6 Å². The van der Waals surface area contributed by atoms with E-state index in [1.807, 2.05) is 13.8 Å². The number of hydrogen-bond donors (Lipinski definition) is 1. The van der Waals surface area contributed by atoms with Gasteiger partial charge in [0.05, 0.1) is 11.8 Å². The summed E-state index contributed by atoms with van der Waals surface area (Å²) in [5.74, 6) is 0.670. The van der Waals surface area contributed by atoms with E-state index in [2.05, 4.69) is 5.32 Å². The van der Waals surface area contributed by atoms with Crippen molar-refractivity contribution in [3.8, 4) is 0 Å². The van der Waals surface area contributed by atoms with E-state index in [0.717, 1.165) is 0 Å². The van der Waals surface area contributed by atoms with Gasteiger partial charge in [-0.2, -0.15) is 0 Å². The molecule has 0 unspecified atom stereocenters. The molecular weight excluding hydrogens is 170 g/mol. The average Bonchev–Trinajstić information content (AvgIpc) is 2.56. The molecule has 1 aliphatic rings. The van der Waals surface area contributed by atoms with Crippen molar-refractivity contribution in [2.45, 2.75) is 25.5 Å². The molecule has 2 rings (SSSR count). The van der Waals surface area contributed by atoms with Crippen LogP contribution in [0.15, 0.2) is 22.8 Å². The van der Waals surface area contributed by atoms with E-state index >= 15 is 0 Å². The van der Waals surface area contributed by atoms with Crippen molar-refractivity contribution in [1.29, 1.82) is 0 Å². The van der Waals surface area contributed by atoms with Crippen molar-refractivity contribution in [3.63, 3.8) is 0 Å². The van der Waals surface area contributed by atoms with Gasteiger partial charge in [0.25, 0.3) is 0 Å². The Hall–Kier alpha value is -1.45. The summed E-state index contributed by atoms with van der Waals surface area (Å²) in [5, 5.41) is 2.71. The molecule has 1 N–H and O–H groups in total. The van der Waals surface area contributed by atoms with Gasteiger partial charge in [0.1, 0.15) is 5.76 Å². The molecule has 4 heteroatoms. The number of hydrogen-bond acceptors (Lipinski definition) is 3. The quantitative estimate of drug-likeness (QED) is 0.719. The fourth-order valence-corrected chi connectivity index (χ4v) is 1.47. The molecule has 1 fully saturated rings. The monoisotopic (exact) mass is 181 g/mol. The van der Waals surface area contributed by atoms with Crippen LogP contribution in [0.25, 0.3) is 0 Å². The van der Waals surface area contributed by atoms with Crippen LogP contribution in [-0.4, -0.2) is 11.6 Å². The van der Waals surface area contributed by atoms with Crippen LogP contribution in [0.5, 0.6) is 0 Å². The first-order valence-corrected chi connectivity index (χ1v) is 4.12. The molecule has 1 aromatic rings. The summed E-state index contributed by atoms with van der Waals surface area (Å²) in [6.45, 7) is 3.79. The van der Waals surface area contributed by atoms with Crippen LogP contribution in [0, 0.1) is 0 Å². The van der Waals surface area contributed by atoms with Crippen molar-refractivity contribution in [2.24, 2.45) is 0 Å². The Balaban J connectivity index is 2.30. The standard InChI is InChI=1S/C9H11NO3/c1-9(2)7(13-8(11)10-9)6-4-3-5-12-6/h3-5,7H,1-2H3,(H,10,11)/t7-/m1/s1. The predicted octanol–water partition coefficient (Wildman–Crippen LogP) is 1.84. The number of cyclic esters (lactones) is 1. The van der Waals surface area contributed by atoms with Crippen molar-refractivity contribution in [3.05, 3.63) is 24.2 Å². The van der Waals surface area contributed by atoms with E-state index in [0.29, 0.717) is 5.76 Å². The van der Waals surface area contributed by atoms with Crippen molar-refractivity contribution >= 4 is 6.09 Å². The van der Waals surface area contributed by atoms with E-state index in [9.17, 15) is 4.79 Å². The molecule has 1 saturated heterocycles. The molecule has 0 saturated carbocycles. The molecule has 0 aromatic carbocycles. The summed E-state index contributed by atoms with van der Waals surface area (Å²) in [6, 6.07) is 3.57. The maximum Gasteiger partial charge on any atom is 0.408 e. The smallest absolute Gasteiger partial charge is 0.408 e. The lowest BCUT2D eigenvalue weighted by atomic mass is 9.97. The zero-order chi connectivity index (χ0) is 9.47. The van der Waals surface area contributed by atoms with Gasteiger partial charge in [0.15, 0.2) is 6.10 Å². The largest absolute Gasteiger partial charge is 0.465 e. The van der Waals surface area contributed by atoms with Gasteiger partial charge in [-0.25, -0.2) is 4.79 Å². The molecule has 1 aromatic heterocycles. The van der Waals surface area contributed by atoms with Crippen LogP contribution < -0.4 is 5.32 Å². The number of carbonyl (C=O) groups excluding carboxylic acids is 1. The van der Waals surface area contributed by atoms with Gasteiger partial charge in [-0.15, -0.1) is 0 Å². The van der Waals surface area contributed by atoms with Crippen LogP contribution in [-0.2, 0) is 4.74 Å². The lowest BCUT2D eigenvalue weighted by Gasteiger charge is -2.21. The minimum absolute atomic E-state index is 0.338. The second kappa shape index (κ2) is 2.52. The molecule has 0 spiro atoms. The highest BCUT2D eigenvalue weighted by Gasteiger charge is 2.43. The average molecular weight is 181 g/mol. The molecular formula is C9H11NO3. The van der Waals surface area contributed by atoms with Crippen LogP contribution in [0.3, 0.4) is 0 Å². The number of ether oxygens (including phenoxy) is 1. The molecule has 70 valence electrons. The molecule has 1 atom stereocenters. The van der Waals surface area contributed by atoms with Crippen LogP contribution >= 0.6 is 0 Å². The molecule has 2 heterocycles. The second-order valence-corrected chi connectivity index (χ2v) is 3.65. The van der Waals surface area contributed by atoms with Gasteiger partial charge in [0, 0.05) is 0 Å². The van der Waals surface area contributed by atoms with Gasteiger partial charge in [-0.3, -0.25) is 0 Å². The third-order valence-corrected chi connectivity index (χ3v) is 2.11. The number of rotatable bonds is 1. The highest BCUT2D eigenvalue weighted by molar-refractivity contribution is 5.71. The fourth-order valence-electron chi connectivity index (χ4n) is 1.47. The van der Waals surface area contributed by atoms with Gasteiger partial charge in [0.2, 0.25) is 0 Å². The molecule has 1 aliphatic heterocycles. The second-order valence-electron chi connectivity index (χ2n) is 3.65. The Morgan fingerprint density at radius 3 is 2.77 bits per heavy atom. The minimum atomic E-state index is -0.408. The lowest BCUT2D eigenvalue weighted by Crippen LogP contribution is -2.38. The third-order valence-electron chi connectivity index (χ3n) is 2.11. The predicted molar refractivity (Wildman–Crippen MR) is 45.1 cm³/mol. The van der Waals surface area contributed by atoms with E-state index in [1.165, 1.54) is 0 Å². The zero-order valence-corrected chi connectivity index (χ0v) is 7.53. The highest BCUT2D eigenvalue weighted by Crippen LogP contribution is 2.34. The Labute approximate surface area is 75.9 Å². The normalized spacial score (nSPS) is 25.4. The van der Waals surface area contributed by atoms with Gasteiger partial charge in [-0.05, 0) is 26.0 Å². The molecule has 4 nitrogen and oxygen atoms in total. The maximum atomic E-state index is 11.0. The van der Waals surface area contributed by atoms with E-state index in [4.69, 9.17) is 9.15 Å². The van der Waals surface area contributed by atoms with Crippen LogP contribution in [0.2, 0.25) is 0 Å². The van der Waals surface area contributed by atoms with Crippen molar-refractivity contribution in [1.82, 2.24) is 5.32 Å². The minimum Gasteiger partial charge on any atom is -0.465 e. The Bertz CT molecular complexity index is 316. The molecule has 0 bridgehead atoms. The number of nitrogens with one attached hydrogen (secondary N) is 1. The van der Waals surface area contributed by atoms with Gasteiger partial charge >= 0.3 is 6.09 Å². The maximum absolute atomic E-state index is 11.0. The number of amides is 1. The number of furan rings is 1. The van der Waals surface area contributed by atoms with Crippen LogP contribution in [0.4, 0.5) is 4.79 Å². The van der Waals surface area contributed by atoms with E-state index in [1.54, 1.807) is 18.4 Å².